The van der Waals surface area contributed by atoms with E-state index in [0.717, 1.165) is 25.0 Å². The zero-order valence-corrected chi connectivity index (χ0v) is 10.6. The third-order valence-electron chi connectivity index (χ3n) is 3.31. The first-order valence-corrected chi connectivity index (χ1v) is 6.47. The second-order valence-electron chi connectivity index (χ2n) is 5.01. The maximum atomic E-state index is 11.8. The molecule has 2 rings (SSSR count). The van der Waals surface area contributed by atoms with Gasteiger partial charge in [0.05, 0.1) is 0 Å². The van der Waals surface area contributed by atoms with Crippen molar-refractivity contribution < 1.29 is 9.53 Å². The fourth-order valence-electron chi connectivity index (χ4n) is 2.29. The molecule has 1 saturated carbocycles. The predicted molar refractivity (Wildman–Crippen MR) is 68.4 cm³/mol. The lowest BCUT2D eigenvalue weighted by atomic mass is 9.96. The molecule has 0 bridgehead atoms. The molecule has 0 heterocycles. The van der Waals surface area contributed by atoms with Gasteiger partial charge in [-0.2, -0.15) is 0 Å². The van der Waals surface area contributed by atoms with Crippen LogP contribution >= 0.6 is 0 Å². The molecule has 17 heavy (non-hydrogen) atoms. The molecule has 1 aromatic carbocycles. The molecule has 0 radical (unpaired) electrons. The van der Waals surface area contributed by atoms with Crippen LogP contribution in [0.1, 0.15) is 51.0 Å². The molecule has 0 spiro atoms. The van der Waals surface area contributed by atoms with Crippen LogP contribution in [0.5, 0.6) is 5.75 Å². The largest absolute Gasteiger partial charge is 0.482 e. The first kappa shape index (κ1) is 12.2. The van der Waals surface area contributed by atoms with Gasteiger partial charge in [-0.25, -0.2) is 0 Å². The lowest BCUT2D eigenvalue weighted by molar-refractivity contribution is -0.127. The Morgan fingerprint density at radius 2 is 2.00 bits per heavy atom. The summed E-state index contributed by atoms with van der Waals surface area (Å²) in [4.78, 5) is 11.8. The van der Waals surface area contributed by atoms with E-state index >= 15 is 0 Å². The quantitative estimate of drug-likeness (QED) is 0.794. The highest BCUT2D eigenvalue weighted by Crippen LogP contribution is 2.29. The molecule has 92 valence electrons. The molecule has 0 N–H and O–H groups in total. The van der Waals surface area contributed by atoms with E-state index in [1.807, 2.05) is 18.2 Å². The van der Waals surface area contributed by atoms with E-state index in [1.165, 1.54) is 5.56 Å². The van der Waals surface area contributed by atoms with Crippen LogP contribution < -0.4 is 4.74 Å². The summed E-state index contributed by atoms with van der Waals surface area (Å²) in [6, 6.07) is 8.03. The van der Waals surface area contributed by atoms with Crippen molar-refractivity contribution in [2.24, 2.45) is 0 Å². The summed E-state index contributed by atoms with van der Waals surface area (Å²) in [5, 5.41) is 0. The molecular weight excluding hydrogens is 212 g/mol. The molecule has 1 unspecified atom stereocenters. The van der Waals surface area contributed by atoms with E-state index < -0.39 is 0 Å². The number of Topliss-reactive ketones (excluding diaryl/α,β-unsaturated/α-hetero) is 1. The fraction of sp³-hybridized carbons (Fsp3) is 0.533. The van der Waals surface area contributed by atoms with Crippen molar-refractivity contribution in [2.45, 2.75) is 51.6 Å². The summed E-state index contributed by atoms with van der Waals surface area (Å²) in [6.07, 6.45) is 3.44. The van der Waals surface area contributed by atoms with Gasteiger partial charge in [0.1, 0.15) is 5.75 Å². The van der Waals surface area contributed by atoms with Crippen LogP contribution in [0.25, 0.3) is 0 Å². The Kier molecular flexibility index (Phi) is 3.82. The number of ether oxygens (including phenoxy) is 1. The Balaban J connectivity index is 2.14. The molecule has 1 fully saturated rings. The van der Waals surface area contributed by atoms with Crippen LogP contribution in [-0.2, 0) is 4.79 Å². The van der Waals surface area contributed by atoms with E-state index in [9.17, 15) is 4.79 Å². The van der Waals surface area contributed by atoms with Crippen molar-refractivity contribution in [3.8, 4) is 5.75 Å². The summed E-state index contributed by atoms with van der Waals surface area (Å²) >= 11 is 0. The van der Waals surface area contributed by atoms with Crippen molar-refractivity contribution in [1.29, 1.82) is 0 Å². The van der Waals surface area contributed by atoms with Gasteiger partial charge in [-0.3, -0.25) is 4.79 Å². The monoisotopic (exact) mass is 232 g/mol. The number of hydrogen-bond donors (Lipinski definition) is 0. The molecule has 2 heteroatoms. The Bertz CT molecular complexity index is 396. The van der Waals surface area contributed by atoms with E-state index in [4.69, 9.17) is 4.74 Å². The number of hydrogen-bond acceptors (Lipinski definition) is 2. The van der Waals surface area contributed by atoms with Crippen molar-refractivity contribution in [1.82, 2.24) is 0 Å². The second kappa shape index (κ2) is 5.35. The van der Waals surface area contributed by atoms with Gasteiger partial charge in [-0.05, 0) is 36.8 Å². The van der Waals surface area contributed by atoms with Gasteiger partial charge in [0.2, 0.25) is 0 Å². The Labute approximate surface area is 103 Å². The maximum Gasteiger partial charge on any atom is 0.173 e. The summed E-state index contributed by atoms with van der Waals surface area (Å²) < 4.78 is 5.91. The fourth-order valence-corrected chi connectivity index (χ4v) is 2.29. The maximum absolute atomic E-state index is 11.8. The Morgan fingerprint density at radius 1 is 1.24 bits per heavy atom. The first-order chi connectivity index (χ1) is 8.18. The third kappa shape index (κ3) is 2.87. The van der Waals surface area contributed by atoms with Crippen LogP contribution in [0.2, 0.25) is 0 Å². The van der Waals surface area contributed by atoms with Gasteiger partial charge in [0.25, 0.3) is 0 Å². The molecule has 1 aromatic rings. The second-order valence-corrected chi connectivity index (χ2v) is 5.01. The molecule has 0 aromatic heterocycles. The van der Waals surface area contributed by atoms with Gasteiger partial charge in [-0.15, -0.1) is 0 Å². The summed E-state index contributed by atoms with van der Waals surface area (Å²) in [5.41, 5.74) is 1.19. The average Bonchev–Trinajstić information content (AvgIpc) is 2.32. The van der Waals surface area contributed by atoms with Gasteiger partial charge in [-0.1, -0.05) is 32.0 Å². The lowest BCUT2D eigenvalue weighted by Gasteiger charge is -2.23. The SMILES string of the molecule is CC(C)c1ccccc1OC1CCCCC1=O. The predicted octanol–water partition coefficient (Wildman–Crippen LogP) is 3.70. The molecule has 1 aliphatic rings. The zero-order chi connectivity index (χ0) is 12.3. The van der Waals surface area contributed by atoms with E-state index in [1.54, 1.807) is 0 Å². The highest BCUT2D eigenvalue weighted by molar-refractivity contribution is 5.84. The van der Waals surface area contributed by atoms with E-state index in [2.05, 4.69) is 19.9 Å². The van der Waals surface area contributed by atoms with Crippen LogP contribution in [0.15, 0.2) is 24.3 Å². The topological polar surface area (TPSA) is 26.3 Å². The molecule has 0 aliphatic heterocycles. The minimum absolute atomic E-state index is 0.219. The van der Waals surface area contributed by atoms with Crippen molar-refractivity contribution in [3.05, 3.63) is 29.8 Å². The van der Waals surface area contributed by atoms with Crippen molar-refractivity contribution in [3.63, 3.8) is 0 Å². The zero-order valence-electron chi connectivity index (χ0n) is 10.6. The minimum Gasteiger partial charge on any atom is -0.482 e. The third-order valence-corrected chi connectivity index (χ3v) is 3.31. The molecule has 0 saturated heterocycles. The van der Waals surface area contributed by atoms with Crippen LogP contribution in [0.3, 0.4) is 0 Å². The number of benzene rings is 1. The van der Waals surface area contributed by atoms with E-state index in [-0.39, 0.29) is 11.9 Å². The number of rotatable bonds is 3. The highest BCUT2D eigenvalue weighted by Gasteiger charge is 2.24. The van der Waals surface area contributed by atoms with Crippen LogP contribution in [0, 0.1) is 0 Å². The molecule has 1 aliphatic carbocycles. The van der Waals surface area contributed by atoms with Gasteiger partial charge >= 0.3 is 0 Å². The molecule has 1 atom stereocenters. The minimum atomic E-state index is -0.219. The van der Waals surface area contributed by atoms with Crippen LogP contribution in [-0.4, -0.2) is 11.9 Å². The summed E-state index contributed by atoms with van der Waals surface area (Å²) in [5.74, 6) is 1.56. The Morgan fingerprint density at radius 3 is 2.71 bits per heavy atom. The Hall–Kier alpha value is -1.31. The number of para-hydroxylation sites is 1. The van der Waals surface area contributed by atoms with Crippen molar-refractivity contribution in [2.75, 3.05) is 0 Å². The number of carbonyl (C=O) groups is 1. The van der Waals surface area contributed by atoms with Gasteiger partial charge in [0.15, 0.2) is 11.9 Å². The highest BCUT2D eigenvalue weighted by atomic mass is 16.5. The van der Waals surface area contributed by atoms with E-state index in [0.29, 0.717) is 12.3 Å². The average molecular weight is 232 g/mol. The van der Waals surface area contributed by atoms with Gasteiger partial charge < -0.3 is 4.74 Å². The number of carbonyl (C=O) groups excluding carboxylic acids is 1. The lowest BCUT2D eigenvalue weighted by Crippen LogP contribution is -2.30. The molecule has 2 nitrogen and oxygen atoms in total. The standard InChI is InChI=1S/C15H20O2/c1-11(2)12-7-3-5-9-14(12)17-15-10-6-4-8-13(15)16/h3,5,7,9,11,15H,4,6,8,10H2,1-2H3. The number of ketones is 1. The smallest absolute Gasteiger partial charge is 0.173 e. The summed E-state index contributed by atoms with van der Waals surface area (Å²) in [6.45, 7) is 4.29. The molecule has 0 amide bonds. The van der Waals surface area contributed by atoms with Crippen molar-refractivity contribution >= 4 is 5.78 Å². The normalized spacial score (nSPS) is 20.6. The van der Waals surface area contributed by atoms with Crippen LogP contribution in [0.4, 0.5) is 0 Å². The molecular formula is C15H20O2. The first-order valence-electron chi connectivity index (χ1n) is 6.47. The van der Waals surface area contributed by atoms with Gasteiger partial charge in [0, 0.05) is 6.42 Å². The summed E-state index contributed by atoms with van der Waals surface area (Å²) in [7, 11) is 0.